The van der Waals surface area contributed by atoms with Crippen molar-refractivity contribution in [1.82, 2.24) is 10.0 Å². The second-order valence-electron chi connectivity index (χ2n) is 7.73. The smallest absolute Gasteiger partial charge is 0.255 e. The molecule has 5 nitrogen and oxygen atoms in total. The van der Waals surface area contributed by atoms with Gasteiger partial charge in [-0.1, -0.05) is 60.7 Å². The number of hydrogen-bond donors (Lipinski definition) is 2. The monoisotopic (exact) mass is 440 g/mol. The lowest BCUT2D eigenvalue weighted by Gasteiger charge is -2.32. The molecule has 1 amide bonds. The molecular weight excluding hydrogens is 415 g/mol. The number of hydrogen-bond acceptors (Lipinski definition) is 3. The quantitative estimate of drug-likeness (QED) is 0.578. The van der Waals surface area contributed by atoms with Gasteiger partial charge in [0.05, 0.1) is 16.0 Å². The Bertz CT molecular complexity index is 1120. The van der Waals surface area contributed by atoms with Crippen molar-refractivity contribution in [3.63, 3.8) is 0 Å². The third-order valence-corrected chi connectivity index (χ3v) is 6.61. The highest BCUT2D eigenvalue weighted by atomic mass is 32.2. The van der Waals surface area contributed by atoms with Crippen molar-refractivity contribution in [1.29, 1.82) is 0 Å². The zero-order chi connectivity index (χ0) is 22.6. The maximum atomic E-state index is 14.6. The van der Waals surface area contributed by atoms with E-state index in [0.29, 0.717) is 0 Å². The van der Waals surface area contributed by atoms with Gasteiger partial charge in [-0.2, -0.15) is 0 Å². The summed E-state index contributed by atoms with van der Waals surface area (Å²) in [5.74, 6) is -1.52. The van der Waals surface area contributed by atoms with E-state index in [2.05, 4.69) is 10.0 Å². The first-order valence-electron chi connectivity index (χ1n) is 9.89. The molecule has 0 spiro atoms. The van der Waals surface area contributed by atoms with E-state index in [1.54, 1.807) is 13.8 Å². The fourth-order valence-electron chi connectivity index (χ4n) is 3.37. The molecule has 0 heterocycles. The molecule has 0 atom stereocenters. The number of nitrogens with one attached hydrogen (secondary N) is 2. The number of carbonyl (C=O) groups excluding carboxylic acids is 1. The lowest BCUT2D eigenvalue weighted by Crippen LogP contribution is -2.44. The highest BCUT2D eigenvalue weighted by molar-refractivity contribution is 7.89. The lowest BCUT2D eigenvalue weighted by atomic mass is 9.84. The van der Waals surface area contributed by atoms with Crippen LogP contribution in [0.25, 0.3) is 0 Å². The minimum absolute atomic E-state index is 0.172. The van der Waals surface area contributed by atoms with E-state index >= 15 is 0 Å². The van der Waals surface area contributed by atoms with E-state index in [0.717, 1.165) is 29.3 Å². The summed E-state index contributed by atoms with van der Waals surface area (Å²) in [7, 11) is -3.88. The van der Waals surface area contributed by atoms with Crippen LogP contribution >= 0.6 is 0 Å². The van der Waals surface area contributed by atoms with Gasteiger partial charge < -0.3 is 5.32 Å². The molecule has 3 aromatic carbocycles. The van der Waals surface area contributed by atoms with Crippen LogP contribution < -0.4 is 10.0 Å². The topological polar surface area (TPSA) is 75.3 Å². The van der Waals surface area contributed by atoms with Gasteiger partial charge in [-0.3, -0.25) is 4.79 Å². The van der Waals surface area contributed by atoms with Gasteiger partial charge in [-0.05, 0) is 50.1 Å². The Kier molecular flexibility index (Phi) is 6.57. The van der Waals surface area contributed by atoms with Gasteiger partial charge >= 0.3 is 0 Å². The van der Waals surface area contributed by atoms with Crippen molar-refractivity contribution in [2.75, 3.05) is 0 Å². The first-order chi connectivity index (χ1) is 14.6. The zero-order valence-electron chi connectivity index (χ0n) is 17.6. The Morgan fingerprint density at radius 3 is 1.90 bits per heavy atom. The molecule has 0 aliphatic rings. The summed E-state index contributed by atoms with van der Waals surface area (Å²) in [4.78, 5) is 13.0. The SMILES string of the molecule is CC(C)NS(=O)(=O)c1ccc(F)c(C(=O)NC(C)(c2ccccc2)c2ccccc2)c1. The van der Waals surface area contributed by atoms with Crippen molar-refractivity contribution in [3.8, 4) is 0 Å². The van der Waals surface area contributed by atoms with Gasteiger partial charge in [-0.15, -0.1) is 0 Å². The van der Waals surface area contributed by atoms with Crippen LogP contribution in [0.5, 0.6) is 0 Å². The molecule has 3 aromatic rings. The minimum atomic E-state index is -3.88. The van der Waals surface area contributed by atoms with Gasteiger partial charge in [0.15, 0.2) is 0 Å². The molecule has 2 N–H and O–H groups in total. The molecule has 0 aromatic heterocycles. The molecule has 0 saturated carbocycles. The Hall–Kier alpha value is -3.03. The summed E-state index contributed by atoms with van der Waals surface area (Å²) in [6.07, 6.45) is 0. The van der Waals surface area contributed by atoms with Crippen molar-refractivity contribution in [3.05, 3.63) is 101 Å². The molecule has 0 aliphatic heterocycles. The highest BCUT2D eigenvalue weighted by Crippen LogP contribution is 2.30. The molecule has 0 radical (unpaired) electrons. The van der Waals surface area contributed by atoms with E-state index in [9.17, 15) is 17.6 Å². The fraction of sp³-hybridized carbons (Fsp3) is 0.208. The maximum absolute atomic E-state index is 14.6. The predicted octanol–water partition coefficient (Wildman–Crippen LogP) is 4.21. The molecule has 162 valence electrons. The normalized spacial score (nSPS) is 12.0. The summed E-state index contributed by atoms with van der Waals surface area (Å²) in [6, 6.07) is 21.5. The van der Waals surface area contributed by atoms with Crippen molar-refractivity contribution in [2.24, 2.45) is 0 Å². The highest BCUT2D eigenvalue weighted by Gasteiger charge is 2.32. The fourth-order valence-corrected chi connectivity index (χ4v) is 4.65. The second-order valence-corrected chi connectivity index (χ2v) is 9.44. The number of halogens is 1. The Balaban J connectivity index is 2.03. The third-order valence-electron chi connectivity index (χ3n) is 4.95. The van der Waals surface area contributed by atoms with Gasteiger partial charge in [0, 0.05) is 6.04 Å². The Labute approximate surface area is 182 Å². The van der Waals surface area contributed by atoms with Crippen molar-refractivity contribution >= 4 is 15.9 Å². The minimum Gasteiger partial charge on any atom is -0.339 e. The van der Waals surface area contributed by atoms with Crippen molar-refractivity contribution < 1.29 is 17.6 Å². The van der Waals surface area contributed by atoms with E-state index < -0.39 is 27.3 Å². The zero-order valence-corrected chi connectivity index (χ0v) is 18.4. The molecule has 0 unspecified atom stereocenters. The summed E-state index contributed by atoms with van der Waals surface area (Å²) in [5, 5.41) is 2.91. The van der Waals surface area contributed by atoms with Crippen LogP contribution in [0.15, 0.2) is 83.8 Å². The van der Waals surface area contributed by atoms with E-state index in [1.807, 2.05) is 67.6 Å². The average Bonchev–Trinajstić information content (AvgIpc) is 2.74. The van der Waals surface area contributed by atoms with E-state index in [4.69, 9.17) is 0 Å². The van der Waals surface area contributed by atoms with Gasteiger partial charge in [0.2, 0.25) is 10.0 Å². The molecule has 3 rings (SSSR count). The summed E-state index contributed by atoms with van der Waals surface area (Å²) in [5.41, 5.74) is 0.307. The number of sulfonamides is 1. The number of carbonyl (C=O) groups is 1. The molecule has 7 heteroatoms. The summed E-state index contributed by atoms with van der Waals surface area (Å²) < 4.78 is 42.0. The number of benzene rings is 3. The van der Waals surface area contributed by atoms with Crippen LogP contribution in [-0.2, 0) is 15.6 Å². The standard InChI is InChI=1S/C24H25FN2O3S/c1-17(2)27-31(29,30)20-14-15-22(25)21(16-20)23(28)26-24(3,18-10-6-4-7-11-18)19-12-8-5-9-13-19/h4-17,27H,1-3H3,(H,26,28). The number of amides is 1. The predicted molar refractivity (Wildman–Crippen MR) is 119 cm³/mol. The van der Waals surface area contributed by atoms with Crippen LogP contribution in [0.4, 0.5) is 4.39 Å². The van der Waals surface area contributed by atoms with Gasteiger partial charge in [-0.25, -0.2) is 17.5 Å². The molecule has 0 fully saturated rings. The van der Waals surface area contributed by atoms with Crippen LogP contribution in [0.2, 0.25) is 0 Å². The van der Waals surface area contributed by atoms with Crippen LogP contribution in [0.1, 0.15) is 42.3 Å². The number of rotatable bonds is 7. The van der Waals surface area contributed by atoms with Crippen LogP contribution in [0, 0.1) is 5.82 Å². The van der Waals surface area contributed by atoms with Crippen molar-refractivity contribution in [2.45, 2.75) is 37.2 Å². The average molecular weight is 441 g/mol. The largest absolute Gasteiger partial charge is 0.339 e. The molecule has 0 aliphatic carbocycles. The van der Waals surface area contributed by atoms with E-state index in [-0.39, 0.29) is 16.5 Å². The lowest BCUT2D eigenvalue weighted by molar-refractivity contribution is 0.0914. The van der Waals surface area contributed by atoms with Crippen LogP contribution in [0.3, 0.4) is 0 Å². The Morgan fingerprint density at radius 1 is 0.903 bits per heavy atom. The third kappa shape index (κ3) is 5.00. The first kappa shape index (κ1) is 22.7. The first-order valence-corrected chi connectivity index (χ1v) is 11.4. The summed E-state index contributed by atoms with van der Waals surface area (Å²) in [6.45, 7) is 5.19. The molecule has 0 saturated heterocycles. The second kappa shape index (κ2) is 8.99. The summed E-state index contributed by atoms with van der Waals surface area (Å²) >= 11 is 0. The molecule has 0 bridgehead atoms. The molecule has 31 heavy (non-hydrogen) atoms. The van der Waals surface area contributed by atoms with E-state index in [1.165, 1.54) is 0 Å². The maximum Gasteiger partial charge on any atom is 0.255 e. The molecular formula is C24H25FN2O3S. The Morgan fingerprint density at radius 2 is 1.42 bits per heavy atom. The van der Waals surface area contributed by atoms with Crippen LogP contribution in [-0.4, -0.2) is 20.4 Å². The van der Waals surface area contributed by atoms with Gasteiger partial charge in [0.25, 0.3) is 5.91 Å². The van der Waals surface area contributed by atoms with Gasteiger partial charge in [0.1, 0.15) is 5.82 Å².